The Labute approximate surface area is 172 Å². The lowest BCUT2D eigenvalue weighted by Crippen LogP contribution is -2.27. The van der Waals surface area contributed by atoms with Gasteiger partial charge >= 0.3 is 0 Å². The minimum absolute atomic E-state index is 0.127. The maximum absolute atomic E-state index is 13.8. The van der Waals surface area contributed by atoms with Gasteiger partial charge in [0, 0.05) is 5.56 Å². The summed E-state index contributed by atoms with van der Waals surface area (Å²) < 4.78 is 19.6. The van der Waals surface area contributed by atoms with Gasteiger partial charge in [0.1, 0.15) is 11.6 Å². The van der Waals surface area contributed by atoms with Crippen molar-refractivity contribution in [3.63, 3.8) is 0 Å². The highest BCUT2D eigenvalue weighted by Crippen LogP contribution is 2.34. The summed E-state index contributed by atoms with van der Waals surface area (Å²) in [5.41, 5.74) is 5.96. The van der Waals surface area contributed by atoms with Gasteiger partial charge in [-0.1, -0.05) is 24.3 Å². The molecular formula is C19H14BrFN2O4S. The summed E-state index contributed by atoms with van der Waals surface area (Å²) in [6, 6.07) is 11.0. The number of ether oxygens (including phenoxy) is 1. The van der Waals surface area contributed by atoms with Crippen LogP contribution >= 0.6 is 27.7 Å². The molecule has 1 aliphatic rings. The number of primary amides is 1. The second-order valence-corrected chi connectivity index (χ2v) is 7.65. The average molecular weight is 465 g/mol. The maximum atomic E-state index is 13.8. The van der Waals surface area contributed by atoms with E-state index in [2.05, 4.69) is 15.9 Å². The van der Waals surface area contributed by atoms with Crippen LogP contribution in [-0.4, -0.2) is 28.6 Å². The molecule has 0 bridgehead atoms. The number of nitrogens with two attached hydrogens (primary N) is 1. The van der Waals surface area contributed by atoms with Crippen molar-refractivity contribution in [1.82, 2.24) is 4.90 Å². The minimum atomic E-state index is -0.598. The number of halogens is 2. The Morgan fingerprint density at radius 2 is 2.00 bits per heavy atom. The Morgan fingerprint density at radius 3 is 2.68 bits per heavy atom. The molecule has 1 fully saturated rings. The van der Waals surface area contributed by atoms with Gasteiger partial charge < -0.3 is 10.5 Å². The van der Waals surface area contributed by atoms with Crippen molar-refractivity contribution < 1.29 is 23.5 Å². The molecule has 1 saturated heterocycles. The molecule has 6 nitrogen and oxygen atoms in total. The van der Waals surface area contributed by atoms with Gasteiger partial charge in [0.15, 0.2) is 6.61 Å². The third-order valence-electron chi connectivity index (χ3n) is 3.78. The molecule has 2 N–H and O–H groups in total. The van der Waals surface area contributed by atoms with E-state index < -0.39 is 22.9 Å². The smallest absolute Gasteiger partial charge is 0.293 e. The van der Waals surface area contributed by atoms with Crippen LogP contribution in [0.15, 0.2) is 51.8 Å². The number of rotatable bonds is 6. The molecule has 0 spiro atoms. The Balaban J connectivity index is 1.77. The van der Waals surface area contributed by atoms with Crippen LogP contribution in [0, 0.1) is 5.82 Å². The third kappa shape index (κ3) is 4.60. The molecule has 1 heterocycles. The lowest BCUT2D eigenvalue weighted by molar-refractivity contribution is -0.123. The van der Waals surface area contributed by atoms with Crippen LogP contribution in [0.1, 0.15) is 11.1 Å². The molecule has 0 saturated carbocycles. The van der Waals surface area contributed by atoms with Gasteiger partial charge in [-0.05, 0) is 57.5 Å². The van der Waals surface area contributed by atoms with Gasteiger partial charge in [0.2, 0.25) is 0 Å². The van der Waals surface area contributed by atoms with Crippen LogP contribution in [0.5, 0.6) is 5.75 Å². The molecule has 9 heteroatoms. The SMILES string of the molecule is NC(=O)COc1ccc(/C=C2\SC(=O)N(Cc3ccccc3F)C2=O)cc1Br. The largest absolute Gasteiger partial charge is 0.483 e. The fraction of sp³-hybridized carbons (Fsp3) is 0.105. The van der Waals surface area contributed by atoms with Crippen LogP contribution in [0.2, 0.25) is 0 Å². The summed E-state index contributed by atoms with van der Waals surface area (Å²) >= 11 is 4.11. The Hall–Kier alpha value is -2.65. The first-order chi connectivity index (χ1) is 13.3. The number of benzene rings is 2. The predicted octanol–water partition coefficient (Wildman–Crippen LogP) is 3.69. The third-order valence-corrected chi connectivity index (χ3v) is 5.31. The normalized spacial score (nSPS) is 15.4. The van der Waals surface area contributed by atoms with Gasteiger partial charge in [0.05, 0.1) is 15.9 Å². The molecule has 0 atom stereocenters. The number of hydrogen-bond acceptors (Lipinski definition) is 5. The molecule has 0 radical (unpaired) electrons. The first-order valence-electron chi connectivity index (χ1n) is 8.04. The zero-order chi connectivity index (χ0) is 20.3. The van der Waals surface area contributed by atoms with Crippen LogP contribution in [0.25, 0.3) is 6.08 Å². The zero-order valence-electron chi connectivity index (χ0n) is 14.4. The van der Waals surface area contributed by atoms with E-state index in [4.69, 9.17) is 10.5 Å². The number of carbonyl (C=O) groups is 3. The summed E-state index contributed by atoms with van der Waals surface area (Å²) in [6.07, 6.45) is 1.56. The number of hydrogen-bond donors (Lipinski definition) is 1. The number of nitrogens with zero attached hydrogens (tertiary/aromatic N) is 1. The molecular weight excluding hydrogens is 451 g/mol. The molecule has 144 valence electrons. The second kappa shape index (κ2) is 8.57. The van der Waals surface area contributed by atoms with Crippen LogP contribution in [0.3, 0.4) is 0 Å². The molecule has 2 aromatic rings. The monoisotopic (exact) mass is 464 g/mol. The molecule has 3 amide bonds. The number of amides is 3. The first-order valence-corrected chi connectivity index (χ1v) is 9.65. The van der Waals surface area contributed by atoms with Crippen LogP contribution in [-0.2, 0) is 16.1 Å². The molecule has 0 unspecified atom stereocenters. The lowest BCUT2D eigenvalue weighted by atomic mass is 10.2. The molecule has 0 aliphatic carbocycles. The second-order valence-electron chi connectivity index (χ2n) is 5.80. The quantitative estimate of drug-likeness (QED) is 0.658. The maximum Gasteiger partial charge on any atom is 0.293 e. The Morgan fingerprint density at radius 1 is 1.25 bits per heavy atom. The molecule has 0 aromatic heterocycles. The predicted molar refractivity (Wildman–Crippen MR) is 107 cm³/mol. The lowest BCUT2D eigenvalue weighted by Gasteiger charge is -2.12. The molecule has 1 aliphatic heterocycles. The number of imide groups is 1. The Kier molecular flexibility index (Phi) is 6.15. The fourth-order valence-electron chi connectivity index (χ4n) is 2.46. The number of carbonyl (C=O) groups excluding carboxylic acids is 3. The highest BCUT2D eigenvalue weighted by atomic mass is 79.9. The van der Waals surface area contributed by atoms with Gasteiger partial charge in [-0.2, -0.15) is 0 Å². The van der Waals surface area contributed by atoms with Crippen molar-refractivity contribution in [2.45, 2.75) is 6.54 Å². The summed E-state index contributed by atoms with van der Waals surface area (Å²) in [7, 11) is 0. The van der Waals surface area contributed by atoms with Gasteiger partial charge in [-0.3, -0.25) is 19.3 Å². The fourth-order valence-corrected chi connectivity index (χ4v) is 3.81. The minimum Gasteiger partial charge on any atom is -0.483 e. The van der Waals surface area contributed by atoms with E-state index in [1.54, 1.807) is 36.4 Å². The highest BCUT2D eigenvalue weighted by molar-refractivity contribution is 9.10. The van der Waals surface area contributed by atoms with E-state index in [1.165, 1.54) is 12.1 Å². The Bertz CT molecular complexity index is 996. The summed E-state index contributed by atoms with van der Waals surface area (Å²) in [5, 5.41) is -0.458. The van der Waals surface area contributed by atoms with E-state index >= 15 is 0 Å². The van der Waals surface area contributed by atoms with E-state index in [0.717, 1.165) is 16.7 Å². The van der Waals surface area contributed by atoms with E-state index in [1.807, 2.05) is 0 Å². The molecule has 28 heavy (non-hydrogen) atoms. The average Bonchev–Trinajstić information content (AvgIpc) is 2.90. The van der Waals surface area contributed by atoms with Crippen LogP contribution < -0.4 is 10.5 Å². The summed E-state index contributed by atoms with van der Waals surface area (Å²) in [5.74, 6) is -1.13. The first kappa shape index (κ1) is 20.1. The van der Waals surface area contributed by atoms with Gasteiger partial charge in [-0.15, -0.1) is 0 Å². The van der Waals surface area contributed by atoms with Gasteiger partial charge in [0.25, 0.3) is 17.1 Å². The summed E-state index contributed by atoms with van der Waals surface area (Å²) in [4.78, 5) is 36.8. The van der Waals surface area contributed by atoms with Crippen molar-refractivity contribution in [2.75, 3.05) is 6.61 Å². The molecule has 3 rings (SSSR count). The van der Waals surface area contributed by atoms with Crippen LogP contribution in [0.4, 0.5) is 9.18 Å². The molecule has 2 aromatic carbocycles. The topological polar surface area (TPSA) is 89.7 Å². The number of thioether (sulfide) groups is 1. The van der Waals surface area contributed by atoms with Crippen molar-refractivity contribution in [3.05, 3.63) is 68.8 Å². The van der Waals surface area contributed by atoms with Crippen molar-refractivity contribution in [1.29, 1.82) is 0 Å². The van der Waals surface area contributed by atoms with E-state index in [-0.39, 0.29) is 23.6 Å². The van der Waals surface area contributed by atoms with Crippen molar-refractivity contribution >= 4 is 50.8 Å². The van der Waals surface area contributed by atoms with Crippen molar-refractivity contribution in [2.24, 2.45) is 5.73 Å². The summed E-state index contributed by atoms with van der Waals surface area (Å²) in [6.45, 7) is -0.384. The van der Waals surface area contributed by atoms with E-state index in [0.29, 0.717) is 15.8 Å². The van der Waals surface area contributed by atoms with Crippen molar-refractivity contribution in [3.8, 4) is 5.75 Å². The van der Waals surface area contributed by atoms with E-state index in [9.17, 15) is 18.8 Å². The standard InChI is InChI=1S/C19H14BrFN2O4S/c20-13-7-11(5-6-15(13)27-10-17(22)24)8-16-18(25)23(19(26)28-16)9-12-3-1-2-4-14(12)21/h1-8H,9-10H2,(H2,22,24)/b16-8-. The van der Waals surface area contributed by atoms with Gasteiger partial charge in [-0.25, -0.2) is 4.39 Å². The highest BCUT2D eigenvalue weighted by Gasteiger charge is 2.35. The zero-order valence-corrected chi connectivity index (χ0v) is 16.8.